The zero-order chi connectivity index (χ0) is 14.1. The van der Waals surface area contributed by atoms with E-state index in [1.807, 2.05) is 6.92 Å². The normalized spacial score (nSPS) is 29.2. The average molecular weight is 292 g/mol. The Kier molecular flexibility index (Phi) is 4.16. The molecule has 2 heterocycles. The van der Waals surface area contributed by atoms with Crippen molar-refractivity contribution in [2.75, 3.05) is 0 Å². The number of fused-ring (bicyclic) bond motifs is 2. The maximum Gasteiger partial charge on any atom is 0.140 e. The summed E-state index contributed by atoms with van der Waals surface area (Å²) >= 11 is 2.09. The number of benzene rings is 1. The molecule has 2 saturated heterocycles. The van der Waals surface area contributed by atoms with Gasteiger partial charge < -0.3 is 0 Å². The van der Waals surface area contributed by atoms with E-state index in [0.717, 1.165) is 24.0 Å². The van der Waals surface area contributed by atoms with Crippen LogP contribution < -0.4 is 0 Å². The largest absolute Gasteiger partial charge is 0.299 e. The molecule has 1 aromatic rings. The van der Waals surface area contributed by atoms with E-state index in [-0.39, 0.29) is 11.7 Å². The Labute approximate surface area is 124 Å². The summed E-state index contributed by atoms with van der Waals surface area (Å²) in [5, 5.41) is 1.37. The minimum Gasteiger partial charge on any atom is -0.299 e. The van der Waals surface area contributed by atoms with Crippen LogP contribution >= 0.6 is 11.8 Å². The molecule has 2 fully saturated rings. The number of carbonyl (C=O) groups is 1. The number of Topliss-reactive ketones (excluding diaryl/α,β-unsaturated/α-hetero) is 1. The van der Waals surface area contributed by atoms with Gasteiger partial charge in [-0.25, -0.2) is 4.39 Å². The first-order valence-corrected chi connectivity index (χ1v) is 8.49. The molecule has 3 rings (SSSR count). The van der Waals surface area contributed by atoms with Crippen molar-refractivity contribution in [1.29, 1.82) is 0 Å². The maximum absolute atomic E-state index is 13.3. The minimum atomic E-state index is -0.241. The molecule has 0 N–H and O–H groups in total. The van der Waals surface area contributed by atoms with Crippen LogP contribution in [-0.2, 0) is 11.2 Å². The van der Waals surface area contributed by atoms with Gasteiger partial charge in [0.15, 0.2) is 0 Å². The summed E-state index contributed by atoms with van der Waals surface area (Å²) in [6.45, 7) is 1.95. The highest BCUT2D eigenvalue weighted by Gasteiger charge is 2.35. The zero-order valence-electron chi connectivity index (χ0n) is 11.9. The van der Waals surface area contributed by atoms with Crippen LogP contribution in [0.3, 0.4) is 0 Å². The number of aryl methyl sites for hydroxylation is 1. The molecule has 2 bridgehead atoms. The predicted octanol–water partition coefficient (Wildman–Crippen LogP) is 4.31. The molecular weight excluding hydrogens is 271 g/mol. The molecule has 0 radical (unpaired) electrons. The number of rotatable bonds is 3. The molecule has 2 aliphatic heterocycles. The lowest BCUT2D eigenvalue weighted by molar-refractivity contribution is -0.122. The van der Waals surface area contributed by atoms with Crippen molar-refractivity contribution >= 4 is 17.5 Å². The monoisotopic (exact) mass is 292 g/mol. The van der Waals surface area contributed by atoms with E-state index >= 15 is 0 Å². The van der Waals surface area contributed by atoms with E-state index in [9.17, 15) is 9.18 Å². The Morgan fingerprint density at radius 1 is 1.30 bits per heavy atom. The fourth-order valence-corrected chi connectivity index (χ4v) is 5.32. The lowest BCUT2D eigenvalue weighted by Crippen LogP contribution is -2.33. The van der Waals surface area contributed by atoms with Gasteiger partial charge in [-0.3, -0.25) is 4.79 Å². The topological polar surface area (TPSA) is 17.1 Å². The fraction of sp³-hybridized carbons (Fsp3) is 0.588. The summed E-state index contributed by atoms with van der Waals surface area (Å²) in [6, 6.07) is 4.75. The number of halogens is 1. The van der Waals surface area contributed by atoms with Crippen LogP contribution in [0.5, 0.6) is 0 Å². The van der Waals surface area contributed by atoms with Crippen LogP contribution in [0.1, 0.15) is 43.2 Å². The van der Waals surface area contributed by atoms with Gasteiger partial charge in [-0.2, -0.15) is 11.8 Å². The summed E-state index contributed by atoms with van der Waals surface area (Å²) in [4.78, 5) is 12.5. The summed E-state index contributed by atoms with van der Waals surface area (Å²) in [5.41, 5.74) is 1.88. The highest BCUT2D eigenvalue weighted by Crippen LogP contribution is 2.44. The van der Waals surface area contributed by atoms with E-state index < -0.39 is 0 Å². The molecule has 0 spiro atoms. The summed E-state index contributed by atoms with van der Waals surface area (Å²) in [6.07, 6.45) is 6.33. The molecule has 1 aromatic carbocycles. The van der Waals surface area contributed by atoms with Gasteiger partial charge in [0, 0.05) is 22.8 Å². The van der Waals surface area contributed by atoms with E-state index in [4.69, 9.17) is 0 Å². The smallest absolute Gasteiger partial charge is 0.140 e. The lowest BCUT2D eigenvalue weighted by atomic mass is 9.84. The Balaban J connectivity index is 1.68. The van der Waals surface area contributed by atoms with Crippen LogP contribution in [0.15, 0.2) is 18.2 Å². The molecule has 0 aromatic heterocycles. The highest BCUT2D eigenvalue weighted by atomic mass is 32.2. The zero-order valence-corrected chi connectivity index (χ0v) is 12.7. The predicted molar refractivity (Wildman–Crippen MR) is 81.6 cm³/mol. The van der Waals surface area contributed by atoms with E-state index in [1.165, 1.54) is 31.4 Å². The summed E-state index contributed by atoms with van der Waals surface area (Å²) < 4.78 is 13.3. The molecule has 2 aliphatic rings. The first-order chi connectivity index (χ1) is 9.61. The second-order valence-corrected chi connectivity index (χ2v) is 7.80. The summed E-state index contributed by atoms with van der Waals surface area (Å²) in [7, 11) is 0. The number of ketones is 1. The molecule has 0 amide bonds. The third kappa shape index (κ3) is 3.08. The average Bonchev–Trinajstić information content (AvgIpc) is 2.42. The maximum atomic E-state index is 13.3. The van der Waals surface area contributed by atoms with Gasteiger partial charge in [0.25, 0.3) is 0 Å². The Bertz CT molecular complexity index is 502. The van der Waals surface area contributed by atoms with E-state index in [0.29, 0.717) is 22.7 Å². The van der Waals surface area contributed by atoms with Crippen molar-refractivity contribution in [3.63, 3.8) is 0 Å². The van der Waals surface area contributed by atoms with Gasteiger partial charge in [-0.05, 0) is 55.9 Å². The van der Waals surface area contributed by atoms with Gasteiger partial charge >= 0.3 is 0 Å². The number of hydrogen-bond acceptors (Lipinski definition) is 2. The molecule has 108 valence electrons. The molecule has 1 nitrogen and oxygen atoms in total. The third-order valence-electron chi connectivity index (χ3n) is 4.66. The van der Waals surface area contributed by atoms with E-state index in [2.05, 4.69) is 11.8 Å². The second-order valence-electron chi connectivity index (χ2n) is 6.19. The third-order valence-corrected chi connectivity index (χ3v) is 6.29. The van der Waals surface area contributed by atoms with Gasteiger partial charge in [-0.15, -0.1) is 0 Å². The molecule has 0 aliphatic carbocycles. The Morgan fingerprint density at radius 2 is 2.00 bits per heavy atom. The lowest BCUT2D eigenvalue weighted by Gasteiger charge is -2.38. The quantitative estimate of drug-likeness (QED) is 0.825. The van der Waals surface area contributed by atoms with Crippen LogP contribution in [-0.4, -0.2) is 16.3 Å². The van der Waals surface area contributed by atoms with Crippen LogP contribution in [0.2, 0.25) is 0 Å². The molecule has 2 unspecified atom stereocenters. The standard InChI is InChI=1S/C17H21FOS/c1-11-5-6-14(18)7-12(11)10-17(19)13-8-15-3-2-4-16(9-13)20-15/h5-7,13,15-16H,2-4,8-10H2,1H3. The van der Waals surface area contributed by atoms with Crippen molar-refractivity contribution in [2.45, 2.75) is 55.9 Å². The summed E-state index contributed by atoms with van der Waals surface area (Å²) in [5.74, 6) is 0.277. The molecule has 20 heavy (non-hydrogen) atoms. The SMILES string of the molecule is Cc1ccc(F)cc1CC(=O)C1CC2CCCC(C1)S2. The molecule has 2 atom stereocenters. The van der Waals surface area contributed by atoms with Crippen molar-refractivity contribution in [1.82, 2.24) is 0 Å². The minimum absolute atomic E-state index is 0.203. The number of thioether (sulfide) groups is 1. The van der Waals surface area contributed by atoms with Crippen molar-refractivity contribution in [3.05, 3.63) is 35.1 Å². The Morgan fingerprint density at radius 3 is 2.70 bits per heavy atom. The van der Waals surface area contributed by atoms with Gasteiger partial charge in [-0.1, -0.05) is 12.5 Å². The first kappa shape index (κ1) is 14.1. The Hall–Kier alpha value is -0.830. The number of hydrogen-bond donors (Lipinski definition) is 0. The van der Waals surface area contributed by atoms with Gasteiger partial charge in [0.05, 0.1) is 0 Å². The van der Waals surface area contributed by atoms with Gasteiger partial charge in [0.1, 0.15) is 11.6 Å². The highest BCUT2D eigenvalue weighted by molar-refractivity contribution is 8.00. The van der Waals surface area contributed by atoms with Crippen molar-refractivity contribution in [2.24, 2.45) is 5.92 Å². The van der Waals surface area contributed by atoms with Crippen molar-refractivity contribution in [3.8, 4) is 0 Å². The molecule has 3 heteroatoms. The molecule has 0 saturated carbocycles. The van der Waals surface area contributed by atoms with Crippen molar-refractivity contribution < 1.29 is 9.18 Å². The van der Waals surface area contributed by atoms with Crippen LogP contribution in [0.25, 0.3) is 0 Å². The first-order valence-electron chi connectivity index (χ1n) is 7.55. The van der Waals surface area contributed by atoms with E-state index in [1.54, 1.807) is 6.07 Å². The fourth-order valence-electron chi connectivity index (χ4n) is 3.48. The number of carbonyl (C=O) groups excluding carboxylic acids is 1. The van der Waals surface area contributed by atoms with Crippen LogP contribution in [0, 0.1) is 18.7 Å². The van der Waals surface area contributed by atoms with Gasteiger partial charge in [0.2, 0.25) is 0 Å². The van der Waals surface area contributed by atoms with Crippen LogP contribution in [0.4, 0.5) is 4.39 Å². The second kappa shape index (κ2) is 5.88. The molecular formula is C17H21FOS.